The number of hydrogen-bond donors (Lipinski definition) is 1. The van der Waals surface area contributed by atoms with Crippen LogP contribution in [0.4, 0.5) is 5.69 Å². The monoisotopic (exact) mass is 207 g/mol. The first-order valence-corrected chi connectivity index (χ1v) is 5.16. The first kappa shape index (κ1) is 11.6. The molecule has 0 atom stereocenters. The predicted octanol–water partition coefficient (Wildman–Crippen LogP) is 2.40. The Morgan fingerprint density at radius 2 is 2.13 bits per heavy atom. The van der Waals surface area contributed by atoms with Gasteiger partial charge in [-0.2, -0.15) is 0 Å². The molecule has 0 aromatic heterocycles. The zero-order valence-electron chi connectivity index (χ0n) is 9.40. The molecule has 0 radical (unpaired) electrons. The van der Waals surface area contributed by atoms with Crippen molar-refractivity contribution >= 4 is 11.6 Å². The number of nitrogens with zero attached hydrogens (tertiary/aromatic N) is 1. The van der Waals surface area contributed by atoms with Gasteiger partial charge in [-0.05, 0) is 19.1 Å². The summed E-state index contributed by atoms with van der Waals surface area (Å²) in [6.07, 6.45) is 0. The standard InChI is InChI=1S/C12H17NO2/c1-4-13(12(15)9(2)3)10-6-5-7-11(14)8-10/h5-9,14H,4H2,1-3H3. The fraction of sp³-hybridized carbons (Fsp3) is 0.417. The topological polar surface area (TPSA) is 40.5 Å². The van der Waals surface area contributed by atoms with E-state index in [1.165, 1.54) is 0 Å². The lowest BCUT2D eigenvalue weighted by Gasteiger charge is -2.23. The van der Waals surface area contributed by atoms with Crippen LogP contribution >= 0.6 is 0 Å². The maximum atomic E-state index is 11.8. The van der Waals surface area contributed by atoms with E-state index >= 15 is 0 Å². The summed E-state index contributed by atoms with van der Waals surface area (Å²) >= 11 is 0. The fourth-order valence-electron chi connectivity index (χ4n) is 1.44. The second kappa shape index (κ2) is 4.82. The van der Waals surface area contributed by atoms with Crippen LogP contribution in [-0.4, -0.2) is 17.6 Å². The molecule has 0 bridgehead atoms. The molecule has 0 aliphatic heterocycles. The molecule has 1 N–H and O–H groups in total. The van der Waals surface area contributed by atoms with Crippen LogP contribution in [0.5, 0.6) is 5.75 Å². The van der Waals surface area contributed by atoms with Crippen molar-refractivity contribution in [1.29, 1.82) is 0 Å². The van der Waals surface area contributed by atoms with Crippen LogP contribution in [-0.2, 0) is 4.79 Å². The van der Waals surface area contributed by atoms with Crippen molar-refractivity contribution in [2.75, 3.05) is 11.4 Å². The molecule has 0 saturated carbocycles. The highest BCUT2D eigenvalue weighted by Gasteiger charge is 2.16. The van der Waals surface area contributed by atoms with Crippen LogP contribution in [0.1, 0.15) is 20.8 Å². The molecule has 1 amide bonds. The molecule has 0 saturated heterocycles. The molecule has 0 heterocycles. The van der Waals surface area contributed by atoms with E-state index in [0.29, 0.717) is 6.54 Å². The Kier molecular flexibility index (Phi) is 3.72. The highest BCUT2D eigenvalue weighted by molar-refractivity contribution is 5.94. The summed E-state index contributed by atoms with van der Waals surface area (Å²) in [5, 5.41) is 9.34. The molecule has 3 heteroatoms. The molecule has 1 rings (SSSR count). The third-order valence-corrected chi connectivity index (χ3v) is 2.22. The first-order chi connectivity index (χ1) is 7.06. The number of carbonyl (C=O) groups excluding carboxylic acids is 1. The van der Waals surface area contributed by atoms with Crippen molar-refractivity contribution < 1.29 is 9.90 Å². The summed E-state index contributed by atoms with van der Waals surface area (Å²) in [5.41, 5.74) is 0.746. The summed E-state index contributed by atoms with van der Waals surface area (Å²) < 4.78 is 0. The average Bonchev–Trinajstić information content (AvgIpc) is 2.18. The van der Waals surface area contributed by atoms with Gasteiger partial charge in [-0.3, -0.25) is 4.79 Å². The van der Waals surface area contributed by atoms with Crippen molar-refractivity contribution in [1.82, 2.24) is 0 Å². The van der Waals surface area contributed by atoms with Crippen LogP contribution in [0, 0.1) is 5.92 Å². The van der Waals surface area contributed by atoms with E-state index in [1.807, 2.05) is 26.8 Å². The Morgan fingerprint density at radius 1 is 1.47 bits per heavy atom. The molecule has 82 valence electrons. The number of anilines is 1. The average molecular weight is 207 g/mol. The smallest absolute Gasteiger partial charge is 0.229 e. The molecule has 0 fully saturated rings. The van der Waals surface area contributed by atoms with E-state index in [9.17, 15) is 9.90 Å². The second-order valence-corrected chi connectivity index (χ2v) is 3.76. The summed E-state index contributed by atoms with van der Waals surface area (Å²) in [5.74, 6) is 0.220. The first-order valence-electron chi connectivity index (χ1n) is 5.16. The quantitative estimate of drug-likeness (QED) is 0.826. The van der Waals surface area contributed by atoms with Gasteiger partial charge in [-0.25, -0.2) is 0 Å². The summed E-state index contributed by atoms with van der Waals surface area (Å²) in [6.45, 7) is 6.27. The second-order valence-electron chi connectivity index (χ2n) is 3.76. The number of carbonyl (C=O) groups is 1. The van der Waals surface area contributed by atoms with Gasteiger partial charge in [0.2, 0.25) is 5.91 Å². The van der Waals surface area contributed by atoms with Crippen LogP contribution in [0.25, 0.3) is 0 Å². The maximum Gasteiger partial charge on any atom is 0.229 e. The summed E-state index contributed by atoms with van der Waals surface area (Å²) in [7, 11) is 0. The molecule has 1 aromatic carbocycles. The molecule has 3 nitrogen and oxygen atoms in total. The third-order valence-electron chi connectivity index (χ3n) is 2.22. The highest BCUT2D eigenvalue weighted by Crippen LogP contribution is 2.21. The van der Waals surface area contributed by atoms with Gasteiger partial charge in [0, 0.05) is 24.2 Å². The Hall–Kier alpha value is -1.51. The Balaban J connectivity index is 2.97. The fourth-order valence-corrected chi connectivity index (χ4v) is 1.44. The van der Waals surface area contributed by atoms with Gasteiger partial charge >= 0.3 is 0 Å². The van der Waals surface area contributed by atoms with Gasteiger partial charge in [0.1, 0.15) is 5.75 Å². The summed E-state index contributed by atoms with van der Waals surface area (Å²) in [4.78, 5) is 13.5. The van der Waals surface area contributed by atoms with Gasteiger partial charge in [0.05, 0.1) is 0 Å². The van der Waals surface area contributed by atoms with E-state index in [1.54, 1.807) is 23.1 Å². The van der Waals surface area contributed by atoms with E-state index in [-0.39, 0.29) is 17.6 Å². The van der Waals surface area contributed by atoms with E-state index < -0.39 is 0 Å². The number of phenolic OH excluding ortho intramolecular Hbond substituents is 1. The molecule has 0 spiro atoms. The van der Waals surface area contributed by atoms with E-state index in [0.717, 1.165) is 5.69 Å². The van der Waals surface area contributed by atoms with E-state index in [2.05, 4.69) is 0 Å². The summed E-state index contributed by atoms with van der Waals surface area (Å²) in [6, 6.07) is 6.76. The normalized spacial score (nSPS) is 10.4. The van der Waals surface area contributed by atoms with Crippen molar-refractivity contribution in [2.24, 2.45) is 5.92 Å². The van der Waals surface area contributed by atoms with Crippen molar-refractivity contribution in [3.63, 3.8) is 0 Å². The SMILES string of the molecule is CCN(C(=O)C(C)C)c1cccc(O)c1. The van der Waals surface area contributed by atoms with Gasteiger partial charge in [-0.15, -0.1) is 0 Å². The number of phenols is 1. The van der Waals surface area contributed by atoms with Crippen LogP contribution in [0.3, 0.4) is 0 Å². The minimum Gasteiger partial charge on any atom is -0.508 e. The van der Waals surface area contributed by atoms with Gasteiger partial charge in [0.15, 0.2) is 0 Å². The molecular formula is C12H17NO2. The minimum atomic E-state index is -0.0349. The zero-order chi connectivity index (χ0) is 11.4. The third kappa shape index (κ3) is 2.72. The molecule has 0 unspecified atom stereocenters. The number of amides is 1. The van der Waals surface area contributed by atoms with Crippen molar-refractivity contribution in [2.45, 2.75) is 20.8 Å². The number of aromatic hydroxyl groups is 1. The number of hydrogen-bond acceptors (Lipinski definition) is 2. The van der Waals surface area contributed by atoms with Crippen LogP contribution < -0.4 is 4.90 Å². The molecule has 15 heavy (non-hydrogen) atoms. The van der Waals surface area contributed by atoms with Crippen molar-refractivity contribution in [3.05, 3.63) is 24.3 Å². The van der Waals surface area contributed by atoms with Crippen molar-refractivity contribution in [3.8, 4) is 5.75 Å². The Bertz CT molecular complexity index is 347. The molecule has 1 aromatic rings. The van der Waals surface area contributed by atoms with Crippen LogP contribution in [0.2, 0.25) is 0 Å². The largest absolute Gasteiger partial charge is 0.508 e. The molecule has 0 aliphatic carbocycles. The zero-order valence-corrected chi connectivity index (χ0v) is 9.40. The minimum absolute atomic E-state index is 0.0349. The van der Waals surface area contributed by atoms with Gasteiger partial charge in [0.25, 0.3) is 0 Å². The van der Waals surface area contributed by atoms with Crippen LogP contribution in [0.15, 0.2) is 24.3 Å². The highest BCUT2D eigenvalue weighted by atomic mass is 16.3. The number of benzene rings is 1. The Labute approximate surface area is 90.3 Å². The maximum absolute atomic E-state index is 11.8. The molecule has 0 aliphatic rings. The van der Waals surface area contributed by atoms with Gasteiger partial charge in [-0.1, -0.05) is 19.9 Å². The lowest BCUT2D eigenvalue weighted by molar-refractivity contribution is -0.121. The van der Waals surface area contributed by atoms with Gasteiger partial charge < -0.3 is 10.0 Å². The lowest BCUT2D eigenvalue weighted by atomic mass is 10.1. The molecular weight excluding hydrogens is 190 g/mol. The van der Waals surface area contributed by atoms with E-state index in [4.69, 9.17) is 0 Å². The predicted molar refractivity (Wildman–Crippen MR) is 61.0 cm³/mol. The lowest BCUT2D eigenvalue weighted by Crippen LogP contribution is -2.33. The number of rotatable bonds is 3. The Morgan fingerprint density at radius 3 is 2.60 bits per heavy atom.